The summed E-state index contributed by atoms with van der Waals surface area (Å²) >= 11 is 0. The molecule has 0 bridgehead atoms. The van der Waals surface area contributed by atoms with Crippen LogP contribution in [0.5, 0.6) is 0 Å². The highest BCUT2D eigenvalue weighted by molar-refractivity contribution is 5.82. The van der Waals surface area contributed by atoms with Gasteiger partial charge < -0.3 is 20.3 Å². The van der Waals surface area contributed by atoms with Crippen molar-refractivity contribution in [3.05, 3.63) is 0 Å². The summed E-state index contributed by atoms with van der Waals surface area (Å²) in [6, 6.07) is -0.416. The third-order valence-electron chi connectivity index (χ3n) is 5.23. The van der Waals surface area contributed by atoms with Crippen molar-refractivity contribution in [3.8, 4) is 0 Å². The number of hydrogen-bond acceptors (Lipinski definition) is 4. The largest absolute Gasteiger partial charge is 0.444 e. The summed E-state index contributed by atoms with van der Waals surface area (Å²) in [5.74, 6) is 0.212. The van der Waals surface area contributed by atoms with Crippen LogP contribution in [0, 0.1) is 11.3 Å². The van der Waals surface area contributed by atoms with Gasteiger partial charge in [-0.3, -0.25) is 4.79 Å². The van der Waals surface area contributed by atoms with Gasteiger partial charge in [-0.1, -0.05) is 13.8 Å². The molecule has 0 aliphatic carbocycles. The van der Waals surface area contributed by atoms with E-state index >= 15 is 0 Å². The predicted molar refractivity (Wildman–Crippen MR) is 93.5 cm³/mol. The Morgan fingerprint density at radius 3 is 2.00 bits per heavy atom. The molecule has 2 aliphatic rings. The molecular formula is C18H33N3O3. The number of hydrogen-bond donors (Lipinski definition) is 1. The monoisotopic (exact) mass is 339 g/mol. The molecule has 0 aromatic carbocycles. The van der Waals surface area contributed by atoms with E-state index in [4.69, 9.17) is 10.5 Å². The van der Waals surface area contributed by atoms with Gasteiger partial charge in [0.05, 0.1) is 6.04 Å². The Kier molecular flexibility index (Phi) is 5.47. The first-order chi connectivity index (χ1) is 11.0. The smallest absolute Gasteiger partial charge is 0.410 e. The van der Waals surface area contributed by atoms with Gasteiger partial charge >= 0.3 is 6.09 Å². The average molecular weight is 339 g/mol. The Bertz CT molecular complexity index is 476. The zero-order valence-corrected chi connectivity index (χ0v) is 15.8. The molecule has 2 fully saturated rings. The Morgan fingerprint density at radius 2 is 1.54 bits per heavy atom. The molecule has 0 aromatic heterocycles. The highest BCUT2D eigenvalue weighted by Crippen LogP contribution is 2.40. The number of likely N-dealkylation sites (tertiary alicyclic amines) is 2. The van der Waals surface area contributed by atoms with Gasteiger partial charge in [-0.25, -0.2) is 4.79 Å². The second-order valence-electron chi connectivity index (χ2n) is 8.75. The molecular weight excluding hydrogens is 306 g/mol. The van der Waals surface area contributed by atoms with Crippen LogP contribution < -0.4 is 5.73 Å². The number of amides is 2. The van der Waals surface area contributed by atoms with Crippen LogP contribution in [0.15, 0.2) is 0 Å². The molecule has 0 aromatic rings. The van der Waals surface area contributed by atoms with Gasteiger partial charge in [0.25, 0.3) is 0 Å². The van der Waals surface area contributed by atoms with Crippen molar-refractivity contribution in [2.45, 2.75) is 65.5 Å². The first kappa shape index (κ1) is 19.0. The van der Waals surface area contributed by atoms with Crippen LogP contribution in [0.2, 0.25) is 0 Å². The van der Waals surface area contributed by atoms with Gasteiger partial charge in [-0.2, -0.15) is 0 Å². The van der Waals surface area contributed by atoms with Gasteiger partial charge in [0.1, 0.15) is 5.60 Å². The molecule has 24 heavy (non-hydrogen) atoms. The molecule has 2 N–H and O–H groups in total. The molecule has 6 heteroatoms. The fourth-order valence-corrected chi connectivity index (χ4v) is 3.52. The Hall–Kier alpha value is -1.30. The maximum Gasteiger partial charge on any atom is 0.410 e. The summed E-state index contributed by atoms with van der Waals surface area (Å²) < 4.78 is 5.48. The first-order valence-corrected chi connectivity index (χ1v) is 9.05. The van der Waals surface area contributed by atoms with Crippen LogP contribution in [0.25, 0.3) is 0 Å². The lowest BCUT2D eigenvalue weighted by molar-refractivity contribution is -0.135. The molecule has 6 nitrogen and oxygen atoms in total. The molecule has 0 radical (unpaired) electrons. The number of carbonyl (C=O) groups is 2. The van der Waals surface area contributed by atoms with Crippen molar-refractivity contribution in [2.24, 2.45) is 17.1 Å². The lowest BCUT2D eigenvalue weighted by Crippen LogP contribution is -2.51. The number of rotatable bonds is 2. The van der Waals surface area contributed by atoms with E-state index in [-0.39, 0.29) is 23.3 Å². The van der Waals surface area contributed by atoms with Gasteiger partial charge in [-0.15, -0.1) is 0 Å². The third kappa shape index (κ3) is 4.41. The molecule has 138 valence electrons. The summed E-state index contributed by atoms with van der Waals surface area (Å²) in [4.78, 5) is 28.4. The molecule has 1 atom stereocenters. The van der Waals surface area contributed by atoms with E-state index in [1.54, 1.807) is 0 Å². The Labute approximate surface area is 145 Å². The van der Waals surface area contributed by atoms with E-state index in [2.05, 4.69) is 0 Å². The second kappa shape index (κ2) is 6.90. The average Bonchev–Trinajstić information content (AvgIpc) is 2.89. The molecule has 0 unspecified atom stereocenters. The molecule has 2 rings (SSSR count). The van der Waals surface area contributed by atoms with E-state index in [1.165, 1.54) is 0 Å². The topological polar surface area (TPSA) is 75.9 Å². The quantitative estimate of drug-likeness (QED) is 0.837. The van der Waals surface area contributed by atoms with Gasteiger partial charge in [0.15, 0.2) is 0 Å². The number of piperidine rings is 1. The number of carbonyl (C=O) groups excluding carboxylic acids is 2. The fourth-order valence-electron chi connectivity index (χ4n) is 3.52. The van der Waals surface area contributed by atoms with Crippen LogP contribution >= 0.6 is 0 Å². The minimum atomic E-state index is -0.463. The van der Waals surface area contributed by atoms with Crippen LogP contribution in [0.3, 0.4) is 0 Å². The zero-order chi connectivity index (χ0) is 18.1. The van der Waals surface area contributed by atoms with Gasteiger partial charge in [0, 0.05) is 26.2 Å². The minimum absolute atomic E-state index is 0.0573. The first-order valence-electron chi connectivity index (χ1n) is 9.05. The van der Waals surface area contributed by atoms with E-state index in [1.807, 2.05) is 44.4 Å². The van der Waals surface area contributed by atoms with E-state index in [0.717, 1.165) is 45.4 Å². The summed E-state index contributed by atoms with van der Waals surface area (Å²) in [6.45, 7) is 12.6. The van der Waals surface area contributed by atoms with Crippen molar-refractivity contribution in [1.82, 2.24) is 9.80 Å². The van der Waals surface area contributed by atoms with Crippen LogP contribution in [0.1, 0.15) is 53.9 Å². The van der Waals surface area contributed by atoms with Crippen molar-refractivity contribution < 1.29 is 14.3 Å². The van der Waals surface area contributed by atoms with Crippen molar-refractivity contribution in [3.63, 3.8) is 0 Å². The molecule has 1 spiro atoms. The van der Waals surface area contributed by atoms with Crippen molar-refractivity contribution in [1.29, 1.82) is 0 Å². The Morgan fingerprint density at radius 1 is 1.04 bits per heavy atom. The second-order valence-corrected chi connectivity index (χ2v) is 8.75. The third-order valence-corrected chi connectivity index (χ3v) is 5.23. The highest BCUT2D eigenvalue weighted by atomic mass is 16.6. The Balaban J connectivity index is 1.88. The fraction of sp³-hybridized carbons (Fsp3) is 0.889. The maximum atomic E-state index is 12.4. The molecule has 0 saturated carbocycles. The molecule has 2 aliphatic heterocycles. The summed E-state index contributed by atoms with van der Waals surface area (Å²) in [7, 11) is 0. The SMILES string of the molecule is CC(C)[C@H](N)C(=O)N1CCC2(CCN(C(=O)OC(C)(C)C)C2)CC1. The normalized spacial score (nSPS) is 22.1. The van der Waals surface area contributed by atoms with Crippen molar-refractivity contribution >= 4 is 12.0 Å². The van der Waals surface area contributed by atoms with Gasteiger partial charge in [-0.05, 0) is 51.4 Å². The predicted octanol–water partition coefficient (Wildman–Crippen LogP) is 2.22. The number of ether oxygens (including phenoxy) is 1. The molecule has 2 amide bonds. The number of nitrogens with two attached hydrogens (primary N) is 1. The van der Waals surface area contributed by atoms with E-state index < -0.39 is 11.6 Å². The minimum Gasteiger partial charge on any atom is -0.444 e. The highest BCUT2D eigenvalue weighted by Gasteiger charge is 2.44. The van der Waals surface area contributed by atoms with Crippen molar-refractivity contribution in [2.75, 3.05) is 26.2 Å². The number of nitrogens with zero attached hydrogens (tertiary/aromatic N) is 2. The lowest BCUT2D eigenvalue weighted by Gasteiger charge is -2.40. The summed E-state index contributed by atoms with van der Waals surface area (Å²) in [6.07, 6.45) is 2.63. The lowest BCUT2D eigenvalue weighted by atomic mass is 9.77. The molecule has 2 saturated heterocycles. The van der Waals surface area contributed by atoms with Gasteiger partial charge in [0.2, 0.25) is 5.91 Å². The zero-order valence-electron chi connectivity index (χ0n) is 15.8. The summed E-state index contributed by atoms with van der Waals surface area (Å²) in [5.41, 5.74) is 5.67. The van der Waals surface area contributed by atoms with Crippen LogP contribution in [0.4, 0.5) is 4.79 Å². The maximum absolute atomic E-state index is 12.4. The van der Waals surface area contributed by atoms with E-state index in [0.29, 0.717) is 0 Å². The van der Waals surface area contributed by atoms with Crippen LogP contribution in [-0.2, 0) is 9.53 Å². The molecule has 2 heterocycles. The summed E-state index contributed by atoms with van der Waals surface area (Å²) in [5, 5.41) is 0. The standard InChI is InChI=1S/C18H33N3O3/c1-13(2)14(19)15(22)20-9-6-18(7-10-20)8-11-21(12-18)16(23)24-17(3,4)5/h13-14H,6-12,19H2,1-5H3/t14-/m0/s1. The van der Waals surface area contributed by atoms with Crippen LogP contribution in [-0.4, -0.2) is 59.6 Å². The van der Waals surface area contributed by atoms with E-state index in [9.17, 15) is 9.59 Å².